The lowest BCUT2D eigenvalue weighted by atomic mass is 10.1. The van der Waals surface area contributed by atoms with E-state index in [0.717, 1.165) is 6.42 Å². The molecule has 0 radical (unpaired) electrons. The number of carbonyl (C=O) groups excluding carboxylic acids is 1. The highest BCUT2D eigenvalue weighted by Crippen LogP contribution is 2.34. The predicted octanol–water partition coefficient (Wildman–Crippen LogP) is 4.28. The predicted molar refractivity (Wildman–Crippen MR) is 77.2 cm³/mol. The van der Waals surface area contributed by atoms with Crippen molar-refractivity contribution in [1.82, 2.24) is 0 Å². The fourth-order valence-electron chi connectivity index (χ4n) is 1.53. The standard InChI is InChI=1S/C14H18Cl2O3/c1-4-5-18-14-11(15)6-10(7-12(14)16)8-13(17)19-9(2)3/h6-7,9H,4-5,8H2,1-3H3. The van der Waals surface area contributed by atoms with Crippen molar-refractivity contribution in [3.63, 3.8) is 0 Å². The van der Waals surface area contributed by atoms with E-state index in [1.54, 1.807) is 26.0 Å². The van der Waals surface area contributed by atoms with E-state index in [-0.39, 0.29) is 18.5 Å². The third-order valence-corrected chi connectivity index (χ3v) is 2.79. The van der Waals surface area contributed by atoms with Crippen LogP contribution in [0.4, 0.5) is 0 Å². The molecule has 0 saturated carbocycles. The van der Waals surface area contributed by atoms with E-state index in [0.29, 0.717) is 28.0 Å². The smallest absolute Gasteiger partial charge is 0.310 e. The van der Waals surface area contributed by atoms with Gasteiger partial charge in [-0.3, -0.25) is 4.79 Å². The third kappa shape index (κ3) is 5.29. The summed E-state index contributed by atoms with van der Waals surface area (Å²) in [6.07, 6.45) is 0.881. The zero-order valence-electron chi connectivity index (χ0n) is 11.3. The van der Waals surface area contributed by atoms with E-state index in [4.69, 9.17) is 32.7 Å². The molecule has 0 aliphatic rings. The van der Waals surface area contributed by atoms with Crippen molar-refractivity contribution < 1.29 is 14.3 Å². The van der Waals surface area contributed by atoms with E-state index >= 15 is 0 Å². The largest absolute Gasteiger partial charge is 0.490 e. The van der Waals surface area contributed by atoms with Crippen molar-refractivity contribution in [1.29, 1.82) is 0 Å². The SMILES string of the molecule is CCCOc1c(Cl)cc(CC(=O)OC(C)C)cc1Cl. The van der Waals surface area contributed by atoms with Crippen molar-refractivity contribution in [2.75, 3.05) is 6.61 Å². The van der Waals surface area contributed by atoms with Gasteiger partial charge >= 0.3 is 5.97 Å². The number of rotatable bonds is 6. The maximum Gasteiger partial charge on any atom is 0.310 e. The number of halogens is 2. The quantitative estimate of drug-likeness (QED) is 0.736. The van der Waals surface area contributed by atoms with Gasteiger partial charge in [0.2, 0.25) is 0 Å². The van der Waals surface area contributed by atoms with Gasteiger partial charge < -0.3 is 9.47 Å². The van der Waals surface area contributed by atoms with Crippen LogP contribution in [0.5, 0.6) is 5.75 Å². The number of carbonyl (C=O) groups is 1. The average molecular weight is 305 g/mol. The van der Waals surface area contributed by atoms with Crippen molar-refractivity contribution in [2.45, 2.75) is 39.7 Å². The summed E-state index contributed by atoms with van der Waals surface area (Å²) in [6.45, 7) is 6.16. The summed E-state index contributed by atoms with van der Waals surface area (Å²) in [6, 6.07) is 3.36. The van der Waals surface area contributed by atoms with Gasteiger partial charge in [-0.2, -0.15) is 0 Å². The molecule has 1 aromatic rings. The van der Waals surface area contributed by atoms with Crippen molar-refractivity contribution >= 4 is 29.2 Å². The first-order valence-corrected chi connectivity index (χ1v) is 6.99. The molecule has 0 unspecified atom stereocenters. The van der Waals surface area contributed by atoms with Crippen LogP contribution in [0.1, 0.15) is 32.8 Å². The minimum Gasteiger partial charge on any atom is -0.490 e. The highest BCUT2D eigenvalue weighted by molar-refractivity contribution is 6.37. The van der Waals surface area contributed by atoms with Crippen LogP contribution in [0.15, 0.2) is 12.1 Å². The van der Waals surface area contributed by atoms with Crippen LogP contribution < -0.4 is 4.74 Å². The van der Waals surface area contributed by atoms with Crippen molar-refractivity contribution in [3.8, 4) is 5.75 Å². The summed E-state index contributed by atoms with van der Waals surface area (Å²) in [5.74, 6) is 0.163. The second-order valence-corrected chi connectivity index (χ2v) is 5.27. The van der Waals surface area contributed by atoms with Gasteiger partial charge in [-0.1, -0.05) is 30.1 Å². The molecule has 0 bridgehead atoms. The normalized spacial score (nSPS) is 10.6. The van der Waals surface area contributed by atoms with Gasteiger partial charge in [0.25, 0.3) is 0 Å². The Hall–Kier alpha value is -0.930. The van der Waals surface area contributed by atoms with Crippen molar-refractivity contribution in [3.05, 3.63) is 27.7 Å². The molecule has 19 heavy (non-hydrogen) atoms. The topological polar surface area (TPSA) is 35.5 Å². The van der Waals surface area contributed by atoms with E-state index in [1.807, 2.05) is 6.92 Å². The Kier molecular flexibility index (Phi) is 6.46. The van der Waals surface area contributed by atoms with Gasteiger partial charge in [0, 0.05) is 0 Å². The number of hydrogen-bond donors (Lipinski definition) is 0. The highest BCUT2D eigenvalue weighted by atomic mass is 35.5. The Labute approximate surface area is 123 Å². The molecule has 1 rings (SSSR count). The Bertz CT molecular complexity index is 421. The molecule has 3 nitrogen and oxygen atoms in total. The van der Waals surface area contributed by atoms with Gasteiger partial charge in [-0.15, -0.1) is 0 Å². The molecule has 1 aromatic carbocycles. The summed E-state index contributed by atoms with van der Waals surface area (Å²) >= 11 is 12.2. The van der Waals surface area contributed by atoms with E-state index in [2.05, 4.69) is 0 Å². The zero-order chi connectivity index (χ0) is 14.4. The molecule has 0 atom stereocenters. The minimum atomic E-state index is -0.302. The molecule has 106 valence electrons. The van der Waals surface area contributed by atoms with E-state index in [1.165, 1.54) is 0 Å². The average Bonchev–Trinajstić information content (AvgIpc) is 2.26. The molecule has 0 N–H and O–H groups in total. The Balaban J connectivity index is 2.79. The number of ether oxygens (including phenoxy) is 2. The maximum absolute atomic E-state index is 11.6. The number of hydrogen-bond acceptors (Lipinski definition) is 3. The molecule has 0 aromatic heterocycles. The fourth-order valence-corrected chi connectivity index (χ4v) is 2.17. The lowest BCUT2D eigenvalue weighted by Crippen LogP contribution is -2.13. The van der Waals surface area contributed by atoms with Crippen LogP contribution in [0, 0.1) is 0 Å². The zero-order valence-corrected chi connectivity index (χ0v) is 12.8. The minimum absolute atomic E-state index is 0.134. The first-order valence-electron chi connectivity index (χ1n) is 6.24. The second-order valence-electron chi connectivity index (χ2n) is 4.45. The first-order chi connectivity index (χ1) is 8.93. The van der Waals surface area contributed by atoms with Crippen LogP contribution in [0.2, 0.25) is 10.0 Å². The van der Waals surface area contributed by atoms with Crippen LogP contribution >= 0.6 is 23.2 Å². The molecule has 0 amide bonds. The molecule has 5 heteroatoms. The van der Waals surface area contributed by atoms with Crippen LogP contribution in [-0.4, -0.2) is 18.7 Å². The molecular formula is C14H18Cl2O3. The van der Waals surface area contributed by atoms with Gasteiger partial charge in [0.05, 0.1) is 29.2 Å². The molecule has 0 saturated heterocycles. The second kappa shape index (κ2) is 7.61. The van der Waals surface area contributed by atoms with Crippen LogP contribution in [0.3, 0.4) is 0 Å². The van der Waals surface area contributed by atoms with Crippen molar-refractivity contribution in [2.24, 2.45) is 0 Å². The van der Waals surface area contributed by atoms with E-state index < -0.39 is 0 Å². The number of esters is 1. The van der Waals surface area contributed by atoms with Gasteiger partial charge in [-0.25, -0.2) is 0 Å². The van der Waals surface area contributed by atoms with Gasteiger partial charge in [-0.05, 0) is 38.0 Å². The molecule has 0 aliphatic heterocycles. The Morgan fingerprint density at radius 2 is 1.84 bits per heavy atom. The monoisotopic (exact) mass is 304 g/mol. The van der Waals surface area contributed by atoms with Crippen LogP contribution in [0.25, 0.3) is 0 Å². The molecule has 0 heterocycles. The van der Waals surface area contributed by atoms with E-state index in [9.17, 15) is 4.79 Å². The molecule has 0 spiro atoms. The first kappa shape index (κ1) is 16.1. The summed E-state index contributed by atoms with van der Waals surface area (Å²) in [5.41, 5.74) is 0.712. The molecular weight excluding hydrogens is 287 g/mol. The summed E-state index contributed by atoms with van der Waals surface area (Å²) < 4.78 is 10.5. The maximum atomic E-state index is 11.6. The summed E-state index contributed by atoms with van der Waals surface area (Å²) in [7, 11) is 0. The third-order valence-electron chi connectivity index (χ3n) is 2.22. The van der Waals surface area contributed by atoms with Gasteiger partial charge in [0.1, 0.15) is 0 Å². The summed E-state index contributed by atoms with van der Waals surface area (Å²) in [4.78, 5) is 11.6. The lowest BCUT2D eigenvalue weighted by Gasteiger charge is -2.12. The fraction of sp³-hybridized carbons (Fsp3) is 0.500. The highest BCUT2D eigenvalue weighted by Gasteiger charge is 2.13. The Morgan fingerprint density at radius 3 is 2.32 bits per heavy atom. The Morgan fingerprint density at radius 1 is 1.26 bits per heavy atom. The van der Waals surface area contributed by atoms with Gasteiger partial charge in [0.15, 0.2) is 5.75 Å². The lowest BCUT2D eigenvalue weighted by molar-refractivity contribution is -0.146. The van der Waals surface area contributed by atoms with Crippen LogP contribution in [-0.2, 0) is 16.0 Å². The molecule has 0 fully saturated rings. The molecule has 0 aliphatic carbocycles. The number of benzene rings is 1. The summed E-state index contributed by atoms with van der Waals surface area (Å²) in [5, 5.41) is 0.821.